The molecule has 0 aliphatic heterocycles. The fourth-order valence-corrected chi connectivity index (χ4v) is 3.64. The number of carbonyl (C=O) groups is 1. The van der Waals surface area contributed by atoms with Gasteiger partial charge in [0.05, 0.1) is 16.9 Å². The van der Waals surface area contributed by atoms with Crippen LogP contribution in [-0.2, 0) is 4.79 Å². The quantitative estimate of drug-likeness (QED) is 0.662. The van der Waals surface area contributed by atoms with Gasteiger partial charge in [0.1, 0.15) is 22.7 Å². The summed E-state index contributed by atoms with van der Waals surface area (Å²) in [6, 6.07) is 12.7. The molecule has 1 fully saturated rings. The Morgan fingerprint density at radius 3 is 2.48 bits per heavy atom. The highest BCUT2D eigenvalue weighted by Crippen LogP contribution is 2.29. The Bertz CT molecular complexity index is 994. The number of fused-ring (bicyclic) bond motifs is 2. The average molecular weight is 336 g/mol. The second-order valence-corrected chi connectivity index (χ2v) is 6.79. The Balaban J connectivity index is 1.61. The van der Waals surface area contributed by atoms with E-state index >= 15 is 0 Å². The molecular weight excluding hydrogens is 316 g/mol. The first-order valence-electron chi connectivity index (χ1n) is 8.74. The maximum absolute atomic E-state index is 12.7. The number of ketones is 1. The van der Waals surface area contributed by atoms with Crippen LogP contribution in [0.5, 0.6) is 5.75 Å². The summed E-state index contributed by atoms with van der Waals surface area (Å²) in [6.45, 7) is 1.67. The van der Waals surface area contributed by atoms with Crippen LogP contribution in [0.2, 0.25) is 0 Å². The standard InChI is InChI=1S/C21H20O4/c1-13(22)14-6-8-15(9-7-14)24-16-10-11-20-18(12-16)21(23)17-4-2-3-5-19(17)25-20/h2-5,10-12,14-15H,6-9H2,1H3. The van der Waals surface area contributed by atoms with E-state index in [1.807, 2.05) is 18.2 Å². The minimum absolute atomic E-state index is 0.0393. The number of ether oxygens (including phenoxy) is 1. The molecule has 0 unspecified atom stereocenters. The van der Waals surface area contributed by atoms with Gasteiger partial charge in [-0.15, -0.1) is 0 Å². The zero-order valence-corrected chi connectivity index (χ0v) is 14.2. The molecule has 0 atom stereocenters. The summed E-state index contributed by atoms with van der Waals surface area (Å²) in [6.07, 6.45) is 3.59. The van der Waals surface area contributed by atoms with Gasteiger partial charge in [0.2, 0.25) is 5.43 Å². The molecule has 4 nitrogen and oxygen atoms in total. The van der Waals surface area contributed by atoms with Gasteiger partial charge in [0, 0.05) is 5.92 Å². The largest absolute Gasteiger partial charge is 0.490 e. The molecule has 2 aromatic carbocycles. The zero-order valence-electron chi connectivity index (χ0n) is 14.2. The lowest BCUT2D eigenvalue weighted by Gasteiger charge is -2.27. The molecule has 0 N–H and O–H groups in total. The molecule has 4 rings (SSSR count). The van der Waals surface area contributed by atoms with Crippen LogP contribution in [0, 0.1) is 5.92 Å². The van der Waals surface area contributed by atoms with Crippen molar-refractivity contribution in [1.82, 2.24) is 0 Å². The predicted molar refractivity (Wildman–Crippen MR) is 97.0 cm³/mol. The van der Waals surface area contributed by atoms with Crippen LogP contribution >= 0.6 is 0 Å². The summed E-state index contributed by atoms with van der Waals surface area (Å²) in [7, 11) is 0. The van der Waals surface area contributed by atoms with Crippen molar-refractivity contribution in [2.24, 2.45) is 5.92 Å². The van der Waals surface area contributed by atoms with Gasteiger partial charge >= 0.3 is 0 Å². The molecule has 0 radical (unpaired) electrons. The molecule has 0 bridgehead atoms. The molecule has 0 amide bonds. The third-order valence-corrected chi connectivity index (χ3v) is 5.10. The second-order valence-electron chi connectivity index (χ2n) is 6.79. The van der Waals surface area contributed by atoms with Crippen LogP contribution in [0.4, 0.5) is 0 Å². The lowest BCUT2D eigenvalue weighted by atomic mass is 9.85. The van der Waals surface area contributed by atoms with Crippen molar-refractivity contribution in [3.63, 3.8) is 0 Å². The first kappa shape index (κ1) is 15.9. The van der Waals surface area contributed by atoms with Crippen molar-refractivity contribution in [1.29, 1.82) is 0 Å². The molecule has 4 heteroatoms. The highest BCUT2D eigenvalue weighted by Gasteiger charge is 2.25. The van der Waals surface area contributed by atoms with Gasteiger partial charge < -0.3 is 9.15 Å². The van der Waals surface area contributed by atoms with Gasteiger partial charge in [0.15, 0.2) is 0 Å². The van der Waals surface area contributed by atoms with E-state index in [0.29, 0.717) is 27.7 Å². The smallest absolute Gasteiger partial charge is 0.200 e. The Hall–Kier alpha value is -2.62. The summed E-state index contributed by atoms with van der Waals surface area (Å²) in [5, 5.41) is 1.11. The number of rotatable bonds is 3. The van der Waals surface area contributed by atoms with Crippen LogP contribution in [0.25, 0.3) is 21.9 Å². The van der Waals surface area contributed by atoms with Crippen molar-refractivity contribution in [2.75, 3.05) is 0 Å². The number of para-hydroxylation sites is 1. The average Bonchev–Trinajstić information content (AvgIpc) is 2.63. The lowest BCUT2D eigenvalue weighted by Crippen LogP contribution is -2.27. The second kappa shape index (κ2) is 6.36. The van der Waals surface area contributed by atoms with Crippen LogP contribution in [0.1, 0.15) is 32.6 Å². The highest BCUT2D eigenvalue weighted by molar-refractivity contribution is 5.90. The van der Waals surface area contributed by atoms with E-state index in [1.54, 1.807) is 31.2 Å². The Morgan fingerprint density at radius 1 is 1.00 bits per heavy atom. The lowest BCUT2D eigenvalue weighted by molar-refractivity contribution is -0.122. The van der Waals surface area contributed by atoms with Crippen LogP contribution in [0.15, 0.2) is 51.7 Å². The number of hydrogen-bond acceptors (Lipinski definition) is 4. The van der Waals surface area contributed by atoms with Gasteiger partial charge in [-0.3, -0.25) is 9.59 Å². The van der Waals surface area contributed by atoms with E-state index in [1.165, 1.54) is 0 Å². The highest BCUT2D eigenvalue weighted by atomic mass is 16.5. The summed E-state index contributed by atoms with van der Waals surface area (Å²) in [4.78, 5) is 24.2. The van der Waals surface area contributed by atoms with Crippen molar-refractivity contribution in [3.05, 3.63) is 52.7 Å². The molecule has 0 spiro atoms. The summed E-state index contributed by atoms with van der Waals surface area (Å²) >= 11 is 0. The van der Waals surface area contributed by atoms with Crippen LogP contribution in [0.3, 0.4) is 0 Å². The Morgan fingerprint density at radius 2 is 1.72 bits per heavy atom. The molecule has 1 heterocycles. The van der Waals surface area contributed by atoms with Crippen LogP contribution in [-0.4, -0.2) is 11.9 Å². The first-order chi connectivity index (χ1) is 12.1. The number of carbonyl (C=O) groups excluding carboxylic acids is 1. The van der Waals surface area contributed by atoms with Crippen LogP contribution < -0.4 is 10.2 Å². The minimum atomic E-state index is -0.0393. The third kappa shape index (κ3) is 3.04. The fraction of sp³-hybridized carbons (Fsp3) is 0.333. The SMILES string of the molecule is CC(=O)C1CCC(Oc2ccc3oc4ccccc4c(=O)c3c2)CC1. The normalized spacial score (nSPS) is 20.7. The molecule has 1 aliphatic rings. The minimum Gasteiger partial charge on any atom is -0.490 e. The van der Waals surface area contributed by atoms with E-state index in [0.717, 1.165) is 25.7 Å². The zero-order chi connectivity index (χ0) is 17.4. The number of Topliss-reactive ketones (excluding diaryl/α,β-unsaturated/α-hetero) is 1. The van der Waals surface area contributed by atoms with Crippen molar-refractivity contribution in [2.45, 2.75) is 38.7 Å². The van der Waals surface area contributed by atoms with Gasteiger partial charge in [-0.25, -0.2) is 0 Å². The maximum atomic E-state index is 12.7. The number of hydrogen-bond donors (Lipinski definition) is 0. The van der Waals surface area contributed by atoms with Gasteiger partial charge in [0.25, 0.3) is 0 Å². The molecule has 128 valence electrons. The molecule has 3 aromatic rings. The fourth-order valence-electron chi connectivity index (χ4n) is 3.64. The van der Waals surface area contributed by atoms with Gasteiger partial charge in [-0.1, -0.05) is 12.1 Å². The van der Waals surface area contributed by atoms with E-state index in [4.69, 9.17) is 9.15 Å². The maximum Gasteiger partial charge on any atom is 0.200 e. The van der Waals surface area contributed by atoms with Gasteiger partial charge in [-0.05, 0) is 62.9 Å². The van der Waals surface area contributed by atoms with E-state index in [9.17, 15) is 9.59 Å². The van der Waals surface area contributed by atoms with Crippen molar-refractivity contribution >= 4 is 27.7 Å². The van der Waals surface area contributed by atoms with E-state index < -0.39 is 0 Å². The van der Waals surface area contributed by atoms with Crippen molar-refractivity contribution < 1.29 is 13.9 Å². The topological polar surface area (TPSA) is 56.5 Å². The predicted octanol–water partition coefficient (Wildman–Crippen LogP) is 4.47. The monoisotopic (exact) mass is 336 g/mol. The van der Waals surface area contributed by atoms with Crippen molar-refractivity contribution in [3.8, 4) is 5.75 Å². The molecule has 1 saturated carbocycles. The van der Waals surface area contributed by atoms with E-state index in [-0.39, 0.29) is 23.2 Å². The Labute approximate surface area is 145 Å². The molecule has 0 saturated heterocycles. The summed E-state index contributed by atoms with van der Waals surface area (Å²) in [5.74, 6) is 1.13. The molecule has 25 heavy (non-hydrogen) atoms. The third-order valence-electron chi connectivity index (χ3n) is 5.10. The molecular formula is C21H20O4. The molecule has 1 aromatic heterocycles. The summed E-state index contributed by atoms with van der Waals surface area (Å²) < 4.78 is 11.9. The Kier molecular flexibility index (Phi) is 4.04. The summed E-state index contributed by atoms with van der Waals surface area (Å²) in [5.41, 5.74) is 1.12. The van der Waals surface area contributed by atoms with Gasteiger partial charge in [-0.2, -0.15) is 0 Å². The van der Waals surface area contributed by atoms with E-state index in [2.05, 4.69) is 0 Å². The first-order valence-corrected chi connectivity index (χ1v) is 8.74. The number of benzene rings is 2. The molecule has 1 aliphatic carbocycles.